The first-order chi connectivity index (χ1) is 9.95. The van der Waals surface area contributed by atoms with Crippen molar-refractivity contribution in [2.75, 3.05) is 0 Å². The number of benzene rings is 2. The van der Waals surface area contributed by atoms with E-state index < -0.39 is 12.1 Å². The van der Waals surface area contributed by atoms with Gasteiger partial charge in [0.2, 0.25) is 0 Å². The van der Waals surface area contributed by atoms with E-state index in [4.69, 9.17) is 16.3 Å². The summed E-state index contributed by atoms with van der Waals surface area (Å²) in [6, 6.07) is 12.8. The Hall–Kier alpha value is -2.00. The first kappa shape index (κ1) is 15.4. The summed E-state index contributed by atoms with van der Waals surface area (Å²) in [5.74, 6) is -0.442. The predicted octanol–water partition coefficient (Wildman–Crippen LogP) is 4.03. The summed E-state index contributed by atoms with van der Waals surface area (Å²) in [7, 11) is 0. The van der Waals surface area contributed by atoms with Crippen LogP contribution in [0.1, 0.15) is 16.7 Å². The fraction of sp³-hybridized carbons (Fsp3) is 0.235. The summed E-state index contributed by atoms with van der Waals surface area (Å²) < 4.78 is 5.59. The minimum Gasteiger partial charge on any atom is -0.478 e. The van der Waals surface area contributed by atoms with Crippen LogP contribution in [-0.4, -0.2) is 17.2 Å². The van der Waals surface area contributed by atoms with Gasteiger partial charge in [-0.15, -0.1) is 0 Å². The molecule has 0 aliphatic rings. The van der Waals surface area contributed by atoms with Crippen LogP contribution >= 0.6 is 11.6 Å². The van der Waals surface area contributed by atoms with E-state index in [1.54, 1.807) is 24.3 Å². The van der Waals surface area contributed by atoms with Crippen LogP contribution in [0.2, 0.25) is 5.02 Å². The molecule has 110 valence electrons. The minimum atomic E-state index is -0.991. The molecule has 2 aromatic carbocycles. The lowest BCUT2D eigenvalue weighted by molar-refractivity contribution is -0.145. The predicted molar refractivity (Wildman–Crippen MR) is 83.1 cm³/mol. The lowest BCUT2D eigenvalue weighted by atomic mass is 10.0. The van der Waals surface area contributed by atoms with Crippen molar-refractivity contribution in [3.8, 4) is 5.75 Å². The maximum absolute atomic E-state index is 11.4. The zero-order valence-corrected chi connectivity index (χ0v) is 12.7. The number of aliphatic carboxylic acids is 1. The highest BCUT2D eigenvalue weighted by Crippen LogP contribution is 2.20. The Bertz CT molecular complexity index is 635. The first-order valence-electron chi connectivity index (χ1n) is 6.67. The maximum Gasteiger partial charge on any atom is 0.345 e. The van der Waals surface area contributed by atoms with Gasteiger partial charge in [0.15, 0.2) is 6.10 Å². The summed E-state index contributed by atoms with van der Waals surface area (Å²) >= 11 is 5.97. The van der Waals surface area contributed by atoms with Gasteiger partial charge in [-0.05, 0) is 49.2 Å². The highest BCUT2D eigenvalue weighted by atomic mass is 35.5. The first-order valence-corrected chi connectivity index (χ1v) is 7.04. The number of carboxylic acids is 1. The molecule has 0 aromatic heterocycles. The van der Waals surface area contributed by atoms with Crippen LogP contribution in [0.5, 0.6) is 5.75 Å². The Balaban J connectivity index is 2.17. The van der Waals surface area contributed by atoms with Gasteiger partial charge in [0, 0.05) is 11.4 Å². The third-order valence-electron chi connectivity index (χ3n) is 3.29. The molecule has 0 spiro atoms. The van der Waals surface area contributed by atoms with Crippen LogP contribution in [0.3, 0.4) is 0 Å². The molecule has 3 nitrogen and oxygen atoms in total. The molecule has 0 bridgehead atoms. The second-order valence-corrected chi connectivity index (χ2v) is 5.47. The van der Waals surface area contributed by atoms with Gasteiger partial charge >= 0.3 is 5.97 Å². The summed E-state index contributed by atoms with van der Waals surface area (Å²) in [6.45, 7) is 3.89. The molecule has 1 N–H and O–H groups in total. The third-order valence-corrected chi connectivity index (χ3v) is 3.53. The molecule has 0 aliphatic heterocycles. The van der Waals surface area contributed by atoms with E-state index >= 15 is 0 Å². The quantitative estimate of drug-likeness (QED) is 0.907. The normalized spacial score (nSPS) is 12.0. The van der Waals surface area contributed by atoms with Gasteiger partial charge < -0.3 is 9.84 Å². The Kier molecular flexibility index (Phi) is 4.86. The van der Waals surface area contributed by atoms with E-state index in [0.717, 1.165) is 16.7 Å². The van der Waals surface area contributed by atoms with Crippen molar-refractivity contribution in [2.24, 2.45) is 0 Å². The van der Waals surface area contributed by atoms with Crippen molar-refractivity contribution < 1.29 is 14.6 Å². The largest absolute Gasteiger partial charge is 0.478 e. The van der Waals surface area contributed by atoms with Gasteiger partial charge in [-0.1, -0.05) is 35.4 Å². The molecular formula is C17H17ClO3. The fourth-order valence-corrected chi connectivity index (χ4v) is 2.21. The van der Waals surface area contributed by atoms with Crippen molar-refractivity contribution >= 4 is 17.6 Å². The number of carbonyl (C=O) groups is 1. The molecular weight excluding hydrogens is 288 g/mol. The highest BCUT2D eigenvalue weighted by molar-refractivity contribution is 6.30. The number of rotatable bonds is 5. The molecule has 1 atom stereocenters. The maximum atomic E-state index is 11.4. The van der Waals surface area contributed by atoms with Crippen LogP contribution in [0.15, 0.2) is 42.5 Å². The summed E-state index contributed by atoms with van der Waals surface area (Å²) in [5, 5.41) is 9.95. The Labute approximate surface area is 129 Å². The monoisotopic (exact) mass is 304 g/mol. The van der Waals surface area contributed by atoms with Gasteiger partial charge in [0.1, 0.15) is 5.75 Å². The molecule has 21 heavy (non-hydrogen) atoms. The molecule has 0 saturated carbocycles. The van der Waals surface area contributed by atoms with Gasteiger partial charge in [0.05, 0.1) is 0 Å². The second kappa shape index (κ2) is 6.64. The van der Waals surface area contributed by atoms with Gasteiger partial charge in [0.25, 0.3) is 0 Å². The molecule has 4 heteroatoms. The van der Waals surface area contributed by atoms with Crippen LogP contribution < -0.4 is 4.74 Å². The van der Waals surface area contributed by atoms with Gasteiger partial charge in [-0.25, -0.2) is 4.79 Å². The molecule has 0 unspecified atom stereocenters. The topological polar surface area (TPSA) is 46.5 Å². The van der Waals surface area contributed by atoms with Gasteiger partial charge in [-0.2, -0.15) is 0 Å². The molecule has 0 amide bonds. The van der Waals surface area contributed by atoms with Crippen molar-refractivity contribution in [1.82, 2.24) is 0 Å². The molecule has 0 heterocycles. The van der Waals surface area contributed by atoms with E-state index in [9.17, 15) is 9.90 Å². The smallest absolute Gasteiger partial charge is 0.345 e. The second-order valence-electron chi connectivity index (χ2n) is 5.03. The Morgan fingerprint density at radius 2 is 1.86 bits per heavy atom. The van der Waals surface area contributed by atoms with Crippen LogP contribution in [0.25, 0.3) is 0 Å². The number of hydrogen-bond acceptors (Lipinski definition) is 2. The van der Waals surface area contributed by atoms with Crippen molar-refractivity contribution in [2.45, 2.75) is 26.4 Å². The van der Waals surface area contributed by atoms with Crippen LogP contribution in [-0.2, 0) is 11.2 Å². The van der Waals surface area contributed by atoms with Crippen LogP contribution in [0.4, 0.5) is 0 Å². The van der Waals surface area contributed by atoms with Crippen molar-refractivity contribution in [3.63, 3.8) is 0 Å². The summed E-state index contributed by atoms with van der Waals surface area (Å²) in [6.07, 6.45) is -0.667. The highest BCUT2D eigenvalue weighted by Gasteiger charge is 2.21. The van der Waals surface area contributed by atoms with E-state index in [1.165, 1.54) is 0 Å². The number of ether oxygens (including phenoxy) is 1. The number of aryl methyl sites for hydroxylation is 2. The van der Waals surface area contributed by atoms with Gasteiger partial charge in [-0.3, -0.25) is 0 Å². The lowest BCUT2D eigenvalue weighted by Crippen LogP contribution is -2.29. The Morgan fingerprint density at radius 3 is 2.48 bits per heavy atom. The average Bonchev–Trinajstić information content (AvgIpc) is 2.44. The summed E-state index contributed by atoms with van der Waals surface area (Å²) in [4.78, 5) is 11.4. The van der Waals surface area contributed by atoms with Crippen molar-refractivity contribution in [1.29, 1.82) is 0 Å². The molecule has 2 aromatic rings. The minimum absolute atomic E-state index is 0.273. The molecule has 0 radical (unpaired) electrons. The third kappa shape index (κ3) is 4.23. The lowest BCUT2D eigenvalue weighted by Gasteiger charge is -2.16. The van der Waals surface area contributed by atoms with E-state index in [0.29, 0.717) is 10.8 Å². The van der Waals surface area contributed by atoms with E-state index in [2.05, 4.69) is 0 Å². The molecule has 0 aliphatic carbocycles. The van der Waals surface area contributed by atoms with Crippen LogP contribution in [0, 0.1) is 13.8 Å². The number of halogens is 1. The molecule has 2 rings (SSSR count). The fourth-order valence-electron chi connectivity index (χ4n) is 2.02. The zero-order chi connectivity index (χ0) is 15.4. The molecule has 0 fully saturated rings. The van der Waals surface area contributed by atoms with Crippen molar-refractivity contribution in [3.05, 3.63) is 64.2 Å². The van der Waals surface area contributed by atoms with E-state index in [-0.39, 0.29) is 6.42 Å². The summed E-state index contributed by atoms with van der Waals surface area (Å²) in [5.41, 5.74) is 2.97. The Morgan fingerprint density at radius 1 is 1.19 bits per heavy atom. The number of carboxylic acid groups (broad SMARTS) is 1. The zero-order valence-electron chi connectivity index (χ0n) is 12.0. The standard InChI is InChI=1S/C17H17ClO3/c1-11-3-7-15(8-4-11)21-16(17(19)20)10-13-9-14(18)6-5-12(13)2/h3-9,16H,10H2,1-2H3,(H,19,20)/t16-/m1/s1. The average molecular weight is 305 g/mol. The molecule has 0 saturated heterocycles. The van der Waals surface area contributed by atoms with E-state index in [1.807, 2.05) is 32.0 Å². The SMILES string of the molecule is Cc1ccc(O[C@H](Cc2cc(Cl)ccc2C)C(=O)O)cc1. The number of hydrogen-bond donors (Lipinski definition) is 1.